The minimum absolute atomic E-state index is 0.375. The molecule has 0 saturated carbocycles. The molecule has 2 aliphatic rings. The molecule has 9 aromatic rings. The summed E-state index contributed by atoms with van der Waals surface area (Å²) in [5.41, 5.74) is 15.6. The van der Waals surface area contributed by atoms with E-state index in [9.17, 15) is 0 Å². The fraction of sp³-hybridized carbons (Fsp3) is 0.0233. The predicted molar refractivity (Wildman–Crippen MR) is 184 cm³/mol. The predicted octanol–water partition coefficient (Wildman–Crippen LogP) is 11.0. The Morgan fingerprint density at radius 1 is 0.378 bits per heavy atom. The van der Waals surface area contributed by atoms with Crippen LogP contribution in [0.15, 0.2) is 156 Å². The first-order chi connectivity index (χ1) is 22.3. The van der Waals surface area contributed by atoms with Gasteiger partial charge in [-0.1, -0.05) is 109 Å². The second-order valence-electron chi connectivity index (χ2n) is 12.4. The van der Waals surface area contributed by atoms with E-state index in [1.54, 1.807) is 0 Å². The molecular weight excluding hydrogens is 546 g/mol. The van der Waals surface area contributed by atoms with Gasteiger partial charge in [0.25, 0.3) is 0 Å². The van der Waals surface area contributed by atoms with Crippen molar-refractivity contribution in [2.75, 3.05) is 0 Å². The van der Waals surface area contributed by atoms with Crippen LogP contribution in [0.2, 0.25) is 0 Å². The number of para-hydroxylation sites is 2. The molecule has 2 aromatic heterocycles. The van der Waals surface area contributed by atoms with E-state index in [-0.39, 0.29) is 5.41 Å². The molecule has 45 heavy (non-hydrogen) atoms. The van der Waals surface area contributed by atoms with Crippen molar-refractivity contribution in [2.45, 2.75) is 5.41 Å². The topological polar surface area (TPSA) is 18.1 Å². The number of rotatable bonds is 1. The average Bonchev–Trinajstić information content (AvgIpc) is 3.80. The molecule has 0 atom stereocenters. The molecule has 2 aliphatic carbocycles. The molecule has 208 valence electrons. The molecule has 0 N–H and O–H groups in total. The van der Waals surface area contributed by atoms with Gasteiger partial charge in [0, 0.05) is 27.2 Å². The van der Waals surface area contributed by atoms with Crippen LogP contribution in [0.1, 0.15) is 22.3 Å². The third-order valence-corrected chi connectivity index (χ3v) is 10.4. The van der Waals surface area contributed by atoms with E-state index in [1.807, 2.05) is 0 Å². The van der Waals surface area contributed by atoms with Gasteiger partial charge in [-0.05, 0) is 87.0 Å². The second kappa shape index (κ2) is 8.19. The zero-order valence-corrected chi connectivity index (χ0v) is 24.3. The molecule has 0 bridgehead atoms. The molecule has 0 radical (unpaired) electrons. The van der Waals surface area contributed by atoms with Crippen LogP contribution in [0, 0.1) is 0 Å². The van der Waals surface area contributed by atoms with Crippen molar-refractivity contribution in [1.82, 2.24) is 4.57 Å². The van der Waals surface area contributed by atoms with Crippen molar-refractivity contribution in [3.05, 3.63) is 174 Å². The van der Waals surface area contributed by atoms with Crippen molar-refractivity contribution >= 4 is 43.7 Å². The summed E-state index contributed by atoms with van der Waals surface area (Å²) in [5, 5.41) is 4.82. The van der Waals surface area contributed by atoms with Crippen molar-refractivity contribution in [3.63, 3.8) is 0 Å². The highest BCUT2D eigenvalue weighted by Crippen LogP contribution is 2.63. The van der Waals surface area contributed by atoms with E-state index >= 15 is 0 Å². The van der Waals surface area contributed by atoms with E-state index in [0.717, 1.165) is 27.6 Å². The maximum Gasteiger partial charge on any atom is 0.135 e. The number of furan rings is 1. The Hall–Kier alpha value is -5.86. The number of nitrogens with zero attached hydrogens (tertiary/aromatic N) is 1. The third-order valence-electron chi connectivity index (χ3n) is 10.4. The lowest BCUT2D eigenvalue weighted by Crippen LogP contribution is -2.25. The van der Waals surface area contributed by atoms with E-state index < -0.39 is 0 Å². The summed E-state index contributed by atoms with van der Waals surface area (Å²) < 4.78 is 9.08. The van der Waals surface area contributed by atoms with Gasteiger partial charge in [-0.15, -0.1) is 0 Å². The molecule has 0 fully saturated rings. The van der Waals surface area contributed by atoms with Gasteiger partial charge in [0.2, 0.25) is 0 Å². The van der Waals surface area contributed by atoms with Crippen molar-refractivity contribution in [3.8, 4) is 27.9 Å². The van der Waals surface area contributed by atoms with Crippen LogP contribution in [0.4, 0.5) is 0 Å². The molecule has 0 aliphatic heterocycles. The van der Waals surface area contributed by atoms with Gasteiger partial charge >= 0.3 is 0 Å². The van der Waals surface area contributed by atoms with Crippen LogP contribution in [-0.2, 0) is 5.41 Å². The Balaban J connectivity index is 1.22. The molecule has 2 heteroatoms. The Morgan fingerprint density at radius 2 is 0.889 bits per heavy atom. The molecule has 0 unspecified atom stereocenters. The summed E-state index contributed by atoms with van der Waals surface area (Å²) in [4.78, 5) is 0. The largest absolute Gasteiger partial charge is 0.456 e. The lowest BCUT2D eigenvalue weighted by Gasteiger charge is -2.30. The zero-order valence-electron chi connectivity index (χ0n) is 24.3. The Kier molecular flexibility index (Phi) is 4.29. The maximum absolute atomic E-state index is 6.69. The summed E-state index contributed by atoms with van der Waals surface area (Å²) in [6, 6.07) is 55.6. The molecule has 0 amide bonds. The number of hydrogen-bond acceptors (Lipinski definition) is 1. The number of fused-ring (bicyclic) bond motifs is 16. The summed E-state index contributed by atoms with van der Waals surface area (Å²) in [5.74, 6) is 0. The molecular formula is C43H25NO. The van der Waals surface area contributed by atoms with Crippen LogP contribution in [-0.4, -0.2) is 4.57 Å². The zero-order chi connectivity index (χ0) is 29.3. The SMILES string of the molecule is c1ccc2c(c1)-c1ccccc1C21c2ccccc2-c2cc3c(cc21)oc1ccc(-n2c4ccccc4c4ccccc42)cc13. The van der Waals surface area contributed by atoms with Gasteiger partial charge in [-0.2, -0.15) is 0 Å². The maximum atomic E-state index is 6.69. The van der Waals surface area contributed by atoms with Crippen LogP contribution < -0.4 is 0 Å². The van der Waals surface area contributed by atoms with Crippen LogP contribution in [0.3, 0.4) is 0 Å². The standard InChI is InChI=1S/C43H25NO/c1-6-16-35-27(11-1)28-12-2-7-17-36(28)43(35)37-18-8-3-13-29(37)32-24-34-33-23-26(21-22-41(33)45-42(34)25-38(32)43)44-39-19-9-4-14-30(39)31-15-5-10-20-40(31)44/h1-25H. The summed E-state index contributed by atoms with van der Waals surface area (Å²) in [6.07, 6.45) is 0. The minimum atomic E-state index is -0.375. The number of benzene rings is 7. The van der Waals surface area contributed by atoms with Crippen LogP contribution in [0.5, 0.6) is 0 Å². The number of hydrogen-bond donors (Lipinski definition) is 0. The monoisotopic (exact) mass is 571 g/mol. The van der Waals surface area contributed by atoms with Gasteiger partial charge in [-0.25, -0.2) is 0 Å². The first-order valence-electron chi connectivity index (χ1n) is 15.6. The molecule has 0 saturated heterocycles. The van der Waals surface area contributed by atoms with Crippen molar-refractivity contribution in [1.29, 1.82) is 0 Å². The van der Waals surface area contributed by atoms with E-state index in [2.05, 4.69) is 156 Å². The summed E-state index contributed by atoms with van der Waals surface area (Å²) in [7, 11) is 0. The average molecular weight is 572 g/mol. The molecule has 7 aromatic carbocycles. The van der Waals surface area contributed by atoms with Gasteiger partial charge in [0.15, 0.2) is 0 Å². The van der Waals surface area contributed by atoms with Crippen molar-refractivity contribution in [2.24, 2.45) is 0 Å². The fourth-order valence-electron chi connectivity index (χ4n) is 8.69. The quantitative estimate of drug-likeness (QED) is 0.192. The highest BCUT2D eigenvalue weighted by molar-refractivity contribution is 6.12. The van der Waals surface area contributed by atoms with Crippen LogP contribution in [0.25, 0.3) is 71.7 Å². The number of aromatic nitrogens is 1. The highest BCUT2D eigenvalue weighted by Gasteiger charge is 2.51. The van der Waals surface area contributed by atoms with E-state index in [1.165, 1.54) is 66.3 Å². The Morgan fingerprint density at radius 3 is 1.51 bits per heavy atom. The van der Waals surface area contributed by atoms with Gasteiger partial charge in [0.1, 0.15) is 11.2 Å². The molecule has 11 rings (SSSR count). The van der Waals surface area contributed by atoms with Crippen molar-refractivity contribution < 1.29 is 4.42 Å². The fourth-order valence-corrected chi connectivity index (χ4v) is 8.69. The van der Waals surface area contributed by atoms with Gasteiger partial charge < -0.3 is 8.98 Å². The van der Waals surface area contributed by atoms with E-state index in [0.29, 0.717) is 0 Å². The smallest absolute Gasteiger partial charge is 0.135 e. The summed E-state index contributed by atoms with van der Waals surface area (Å²) >= 11 is 0. The third kappa shape index (κ3) is 2.77. The van der Waals surface area contributed by atoms with Crippen LogP contribution >= 0.6 is 0 Å². The Labute approximate surface area is 259 Å². The van der Waals surface area contributed by atoms with Gasteiger partial charge in [0.05, 0.1) is 16.4 Å². The highest BCUT2D eigenvalue weighted by atomic mass is 16.3. The summed E-state index contributed by atoms with van der Waals surface area (Å²) in [6.45, 7) is 0. The lowest BCUT2D eigenvalue weighted by atomic mass is 9.70. The molecule has 1 spiro atoms. The first-order valence-corrected chi connectivity index (χ1v) is 15.6. The molecule has 2 nitrogen and oxygen atoms in total. The second-order valence-corrected chi connectivity index (χ2v) is 12.4. The van der Waals surface area contributed by atoms with E-state index in [4.69, 9.17) is 4.42 Å². The normalized spacial score (nSPS) is 14.0. The molecule has 2 heterocycles. The van der Waals surface area contributed by atoms with Gasteiger partial charge in [-0.3, -0.25) is 0 Å². The Bertz CT molecular complexity index is 2620. The first kappa shape index (κ1) is 23.6. The lowest BCUT2D eigenvalue weighted by molar-refractivity contribution is 0.666. The minimum Gasteiger partial charge on any atom is -0.456 e.